The molecule has 0 aliphatic heterocycles. The maximum atomic E-state index is 11.1. The molecule has 0 spiro atoms. The van der Waals surface area contributed by atoms with Gasteiger partial charge in [0.25, 0.3) is 0 Å². The lowest BCUT2D eigenvalue weighted by molar-refractivity contribution is -0.125. The third-order valence-electron chi connectivity index (χ3n) is 0.455. The summed E-state index contributed by atoms with van der Waals surface area (Å²) in [5, 5.41) is 7.75. The molecule has 0 aliphatic rings. The summed E-state index contributed by atoms with van der Waals surface area (Å²) in [4.78, 5) is 0. The monoisotopic (exact) mass is 126 g/mol. The van der Waals surface area contributed by atoms with Crippen LogP contribution < -0.4 is 0 Å². The molecule has 0 atom stereocenters. The second-order valence-corrected chi connectivity index (χ2v) is 1.20. The molecule has 0 unspecified atom stereocenters. The van der Waals surface area contributed by atoms with Gasteiger partial charge in [-0.1, -0.05) is 0 Å². The molecule has 0 aromatic rings. The predicted octanol–water partition coefficient (Wildman–Crippen LogP) is 2.01. The van der Waals surface area contributed by atoms with Crippen LogP contribution in [0.4, 0.5) is 13.2 Å². The van der Waals surface area contributed by atoms with Gasteiger partial charge in [-0.25, -0.2) is 0 Å². The quantitative estimate of drug-likeness (QED) is 0.533. The largest absolute Gasteiger partial charge is 0.516 e. The molecule has 0 aromatic carbocycles. The Morgan fingerprint density at radius 2 is 1.88 bits per heavy atom. The number of rotatable bonds is 1. The van der Waals surface area contributed by atoms with Crippen LogP contribution in [-0.2, 0) is 0 Å². The Labute approximate surface area is 44.4 Å². The van der Waals surface area contributed by atoms with Gasteiger partial charge in [-0.3, -0.25) is 0 Å². The van der Waals surface area contributed by atoms with E-state index in [1.165, 1.54) is 0 Å². The standard InChI is InChI=1S/C4H5F3O/c5-4(6,7)2-1-3-8/h1,3,8H,2H2/b3-1-. The van der Waals surface area contributed by atoms with Crippen molar-refractivity contribution in [3.8, 4) is 0 Å². The first-order valence-corrected chi connectivity index (χ1v) is 1.92. The molecule has 1 nitrogen and oxygen atoms in total. The third-order valence-corrected chi connectivity index (χ3v) is 0.455. The minimum absolute atomic E-state index is 0.382. The molecule has 0 saturated heterocycles. The van der Waals surface area contributed by atoms with E-state index in [0.29, 0.717) is 12.3 Å². The fourth-order valence-electron chi connectivity index (χ4n) is 0.186. The average Bonchev–Trinajstić information content (AvgIpc) is 1.59. The molecule has 48 valence electrons. The molecule has 0 rings (SSSR count). The van der Waals surface area contributed by atoms with Gasteiger partial charge in [-0.15, -0.1) is 0 Å². The molecule has 0 radical (unpaired) electrons. The maximum Gasteiger partial charge on any atom is 0.392 e. The van der Waals surface area contributed by atoms with Crippen LogP contribution in [0.25, 0.3) is 0 Å². The number of aliphatic hydroxyl groups excluding tert-OH is 1. The van der Waals surface area contributed by atoms with Crippen LogP contribution in [0, 0.1) is 0 Å². The maximum absolute atomic E-state index is 11.1. The second kappa shape index (κ2) is 2.59. The van der Waals surface area contributed by atoms with Crippen molar-refractivity contribution in [2.45, 2.75) is 12.6 Å². The highest BCUT2D eigenvalue weighted by molar-refractivity contribution is 4.75. The Bertz CT molecular complexity index is 83.8. The lowest BCUT2D eigenvalue weighted by Gasteiger charge is -1.98. The van der Waals surface area contributed by atoms with Gasteiger partial charge in [0.1, 0.15) is 0 Å². The van der Waals surface area contributed by atoms with Crippen LogP contribution in [0.1, 0.15) is 6.42 Å². The summed E-state index contributed by atoms with van der Waals surface area (Å²) >= 11 is 0. The van der Waals surface area contributed by atoms with Gasteiger partial charge in [-0.2, -0.15) is 13.2 Å². The van der Waals surface area contributed by atoms with E-state index in [0.717, 1.165) is 0 Å². The Hall–Kier alpha value is -0.670. The SMILES string of the molecule is O/C=C\CC(F)(F)F. The van der Waals surface area contributed by atoms with Crippen molar-refractivity contribution in [3.63, 3.8) is 0 Å². The molecule has 0 aromatic heterocycles. The number of hydrogen-bond acceptors (Lipinski definition) is 1. The van der Waals surface area contributed by atoms with E-state index in [-0.39, 0.29) is 0 Å². The molecule has 1 N–H and O–H groups in total. The normalized spacial score (nSPS) is 12.9. The van der Waals surface area contributed by atoms with Crippen molar-refractivity contribution < 1.29 is 18.3 Å². The highest BCUT2D eigenvalue weighted by atomic mass is 19.4. The van der Waals surface area contributed by atoms with E-state index in [9.17, 15) is 13.2 Å². The van der Waals surface area contributed by atoms with E-state index in [4.69, 9.17) is 5.11 Å². The molecule has 0 fully saturated rings. The summed E-state index contributed by atoms with van der Waals surface area (Å²) in [6, 6.07) is 0. The second-order valence-electron chi connectivity index (χ2n) is 1.20. The Balaban J connectivity index is 3.39. The first-order chi connectivity index (χ1) is 3.56. The van der Waals surface area contributed by atoms with Crippen LogP contribution in [-0.4, -0.2) is 11.3 Å². The molecular formula is C4H5F3O. The van der Waals surface area contributed by atoms with Crippen LogP contribution in [0.3, 0.4) is 0 Å². The molecule has 0 saturated carbocycles. The topological polar surface area (TPSA) is 20.2 Å². The summed E-state index contributed by atoms with van der Waals surface area (Å²) in [6.07, 6.45) is -4.24. The fourth-order valence-corrected chi connectivity index (χ4v) is 0.186. The zero-order valence-corrected chi connectivity index (χ0v) is 3.94. The molecule has 8 heavy (non-hydrogen) atoms. The number of alkyl halides is 3. The number of aliphatic hydroxyl groups is 1. The van der Waals surface area contributed by atoms with Gasteiger partial charge < -0.3 is 5.11 Å². The van der Waals surface area contributed by atoms with Crippen LogP contribution in [0.5, 0.6) is 0 Å². The third kappa shape index (κ3) is 5.33. The lowest BCUT2D eigenvalue weighted by Crippen LogP contribution is -2.03. The molecule has 0 amide bonds. The van der Waals surface area contributed by atoms with E-state index < -0.39 is 12.6 Å². The van der Waals surface area contributed by atoms with Crippen molar-refractivity contribution in [3.05, 3.63) is 12.3 Å². The van der Waals surface area contributed by atoms with Crippen molar-refractivity contribution in [2.24, 2.45) is 0 Å². The van der Waals surface area contributed by atoms with Gasteiger partial charge in [-0.05, 0) is 6.08 Å². The first kappa shape index (κ1) is 7.33. The predicted molar refractivity (Wildman–Crippen MR) is 22.4 cm³/mol. The summed E-state index contributed by atoms with van der Waals surface area (Å²) < 4.78 is 33.2. The molecule has 4 heteroatoms. The average molecular weight is 126 g/mol. The molecule has 0 aliphatic carbocycles. The van der Waals surface area contributed by atoms with Crippen molar-refractivity contribution >= 4 is 0 Å². The number of hydrogen-bond donors (Lipinski definition) is 1. The van der Waals surface area contributed by atoms with E-state index >= 15 is 0 Å². The minimum Gasteiger partial charge on any atom is -0.516 e. The zero-order valence-electron chi connectivity index (χ0n) is 3.94. The fraction of sp³-hybridized carbons (Fsp3) is 0.500. The first-order valence-electron chi connectivity index (χ1n) is 1.92. The highest BCUT2D eigenvalue weighted by Crippen LogP contribution is 2.19. The highest BCUT2D eigenvalue weighted by Gasteiger charge is 2.24. The smallest absolute Gasteiger partial charge is 0.392 e. The Morgan fingerprint density at radius 3 is 2.00 bits per heavy atom. The van der Waals surface area contributed by atoms with Gasteiger partial charge in [0.15, 0.2) is 0 Å². The van der Waals surface area contributed by atoms with Crippen LogP contribution in [0.2, 0.25) is 0 Å². The minimum atomic E-state index is -4.20. The van der Waals surface area contributed by atoms with Crippen molar-refractivity contribution in [1.82, 2.24) is 0 Å². The lowest BCUT2D eigenvalue weighted by atomic mass is 10.4. The Morgan fingerprint density at radius 1 is 1.38 bits per heavy atom. The van der Waals surface area contributed by atoms with Gasteiger partial charge in [0.2, 0.25) is 0 Å². The van der Waals surface area contributed by atoms with E-state index in [2.05, 4.69) is 0 Å². The van der Waals surface area contributed by atoms with E-state index in [1.54, 1.807) is 0 Å². The molecule has 0 bridgehead atoms. The summed E-state index contributed by atoms with van der Waals surface area (Å²) in [5.74, 6) is 0. The van der Waals surface area contributed by atoms with Crippen molar-refractivity contribution in [1.29, 1.82) is 0 Å². The summed E-state index contributed by atoms with van der Waals surface area (Å²) in [6.45, 7) is 0. The van der Waals surface area contributed by atoms with Gasteiger partial charge in [0, 0.05) is 0 Å². The van der Waals surface area contributed by atoms with Crippen LogP contribution in [0.15, 0.2) is 12.3 Å². The Kier molecular flexibility index (Phi) is 2.37. The number of allylic oxidation sites excluding steroid dienone is 1. The van der Waals surface area contributed by atoms with Gasteiger partial charge >= 0.3 is 6.18 Å². The summed E-state index contributed by atoms with van der Waals surface area (Å²) in [7, 11) is 0. The molecule has 0 heterocycles. The molecular weight excluding hydrogens is 121 g/mol. The number of halogens is 3. The van der Waals surface area contributed by atoms with Crippen molar-refractivity contribution in [2.75, 3.05) is 0 Å². The summed E-state index contributed by atoms with van der Waals surface area (Å²) in [5.41, 5.74) is 0. The van der Waals surface area contributed by atoms with Crippen LogP contribution >= 0.6 is 0 Å². The van der Waals surface area contributed by atoms with Gasteiger partial charge in [0.05, 0.1) is 12.7 Å². The zero-order chi connectivity index (χ0) is 6.62. The van der Waals surface area contributed by atoms with E-state index in [1.807, 2.05) is 0 Å².